The fourth-order valence-corrected chi connectivity index (χ4v) is 7.79. The number of unbranched alkanes of at least 4 members (excludes halogenated alkanes) is 15. The molecule has 0 saturated carbocycles. The summed E-state index contributed by atoms with van der Waals surface area (Å²) in [5, 5.41) is 25.9. The quantitative estimate of drug-likeness (QED) is 0.0394. The molecule has 5 N–H and O–H groups in total. The summed E-state index contributed by atoms with van der Waals surface area (Å²) in [5.74, 6) is -1.38. The molecule has 0 amide bonds. The first kappa shape index (κ1) is 46.1. The van der Waals surface area contributed by atoms with Crippen LogP contribution in [0, 0.1) is 11.6 Å². The van der Waals surface area contributed by atoms with Crippen molar-refractivity contribution in [1.82, 2.24) is 14.6 Å². The van der Waals surface area contributed by atoms with Crippen LogP contribution in [0.25, 0.3) is 5.52 Å². The molecular weight excluding hydrogens is 749 g/mol. The number of halogens is 2. The Morgan fingerprint density at radius 1 is 0.893 bits per heavy atom. The van der Waals surface area contributed by atoms with Crippen molar-refractivity contribution in [3.8, 4) is 0 Å². The van der Waals surface area contributed by atoms with Crippen molar-refractivity contribution in [1.29, 1.82) is 0 Å². The molecule has 6 atom stereocenters. The Labute approximate surface area is 329 Å². The Balaban J connectivity index is 1.17. The van der Waals surface area contributed by atoms with Gasteiger partial charge in [0.1, 0.15) is 53.5 Å². The van der Waals surface area contributed by atoms with Crippen LogP contribution in [0.5, 0.6) is 0 Å². The van der Waals surface area contributed by atoms with Gasteiger partial charge < -0.3 is 35.1 Å². The molecule has 4 rings (SSSR count). The Hall–Kier alpha value is -2.59. The minimum atomic E-state index is -4.78. The highest BCUT2D eigenvalue weighted by molar-refractivity contribution is 7.47. The largest absolute Gasteiger partial charge is 0.472 e. The van der Waals surface area contributed by atoms with Crippen LogP contribution >= 0.6 is 7.82 Å². The molecule has 1 aliphatic heterocycles. The van der Waals surface area contributed by atoms with Crippen LogP contribution in [0.4, 0.5) is 14.6 Å². The summed E-state index contributed by atoms with van der Waals surface area (Å²) in [6, 6.07) is 6.73. The molecule has 2 unspecified atom stereocenters. The van der Waals surface area contributed by atoms with Gasteiger partial charge in [0, 0.05) is 12.2 Å². The van der Waals surface area contributed by atoms with Crippen LogP contribution in [0.2, 0.25) is 0 Å². The average molecular weight is 813 g/mol. The predicted octanol–water partition coefficient (Wildman–Crippen LogP) is 7.92. The number of phosphoric acid groups is 1. The predicted molar refractivity (Wildman–Crippen MR) is 209 cm³/mol. The van der Waals surface area contributed by atoms with Crippen molar-refractivity contribution in [2.75, 3.05) is 32.2 Å². The normalized spacial score (nSPS) is 21.5. The van der Waals surface area contributed by atoms with Crippen molar-refractivity contribution >= 4 is 19.2 Å². The molecule has 1 aromatic carbocycles. The van der Waals surface area contributed by atoms with Crippen molar-refractivity contribution in [2.45, 2.75) is 153 Å². The number of fused-ring (bicyclic) bond motifs is 1. The molecule has 16 heteroatoms. The zero-order valence-electron chi connectivity index (χ0n) is 33.0. The molecule has 0 spiro atoms. The van der Waals surface area contributed by atoms with Gasteiger partial charge >= 0.3 is 7.82 Å². The maximum absolute atomic E-state index is 14.3. The van der Waals surface area contributed by atoms with Gasteiger partial charge in [-0.3, -0.25) is 9.05 Å². The fourth-order valence-electron chi connectivity index (χ4n) is 7.02. The number of aromatic nitrogens is 3. The molecule has 316 valence electrons. The van der Waals surface area contributed by atoms with E-state index >= 15 is 0 Å². The number of hydrogen-bond donors (Lipinski definition) is 4. The summed E-state index contributed by atoms with van der Waals surface area (Å²) in [6.07, 6.45) is 16.1. The molecular formula is C40H63F2N4O9P. The van der Waals surface area contributed by atoms with E-state index in [4.69, 9.17) is 29.0 Å². The van der Waals surface area contributed by atoms with Crippen LogP contribution in [-0.4, -0.2) is 80.5 Å². The third-order valence-electron chi connectivity index (χ3n) is 10.5. The number of anilines is 1. The monoisotopic (exact) mass is 812 g/mol. The highest BCUT2D eigenvalue weighted by atomic mass is 31.2. The SMILES string of the molecule is CCCCCCCCCCCCCCCCCCOC[C@H](COP(=O)(O)OCC1O[C@@](C)(c2ccc3c(N)ncnn23)[C@H](O)[C@@H]1O)OCc1c(F)cccc1F. The number of nitrogens with two attached hydrogens (primary N) is 1. The summed E-state index contributed by atoms with van der Waals surface area (Å²) < 4.78 is 70.8. The third-order valence-corrected chi connectivity index (χ3v) is 11.4. The topological polar surface area (TPSA) is 180 Å². The van der Waals surface area contributed by atoms with E-state index in [1.54, 1.807) is 12.1 Å². The van der Waals surface area contributed by atoms with E-state index in [1.807, 2.05) is 0 Å². The minimum absolute atomic E-state index is 0.0663. The number of ether oxygens (including phenoxy) is 3. The highest BCUT2D eigenvalue weighted by Crippen LogP contribution is 2.46. The average Bonchev–Trinajstić information content (AvgIpc) is 3.71. The van der Waals surface area contributed by atoms with Gasteiger partial charge in [0.25, 0.3) is 0 Å². The van der Waals surface area contributed by atoms with Crippen molar-refractivity contribution < 1.29 is 51.7 Å². The van der Waals surface area contributed by atoms with Gasteiger partial charge in [-0.05, 0) is 37.6 Å². The first-order valence-corrected chi connectivity index (χ1v) is 21.8. The Kier molecular flexibility index (Phi) is 19.5. The van der Waals surface area contributed by atoms with Gasteiger partial charge in [0.15, 0.2) is 5.82 Å². The summed E-state index contributed by atoms with van der Waals surface area (Å²) in [6.45, 7) is 2.54. The lowest BCUT2D eigenvalue weighted by Gasteiger charge is -2.27. The molecule has 1 saturated heterocycles. The maximum atomic E-state index is 14.3. The van der Waals surface area contributed by atoms with Crippen LogP contribution in [-0.2, 0) is 40.0 Å². The fraction of sp³-hybridized carbons (Fsp3) is 0.700. The van der Waals surface area contributed by atoms with Crippen molar-refractivity contribution in [2.24, 2.45) is 0 Å². The summed E-state index contributed by atoms with van der Waals surface area (Å²) in [7, 11) is -4.78. The number of phosphoric ester groups is 1. The van der Waals surface area contributed by atoms with Crippen LogP contribution in [0.1, 0.15) is 128 Å². The van der Waals surface area contributed by atoms with E-state index < -0.39 is 69.3 Å². The van der Waals surface area contributed by atoms with Gasteiger partial charge in [-0.1, -0.05) is 109 Å². The molecule has 3 aromatic rings. The number of benzene rings is 1. The summed E-state index contributed by atoms with van der Waals surface area (Å²) in [4.78, 5) is 14.5. The lowest BCUT2D eigenvalue weighted by Crippen LogP contribution is -2.39. The number of nitrogen functional groups attached to an aromatic ring is 1. The number of aliphatic hydroxyl groups is 2. The molecule has 2 aromatic heterocycles. The van der Waals surface area contributed by atoms with Crippen LogP contribution in [0.15, 0.2) is 36.7 Å². The second kappa shape index (κ2) is 23.7. The zero-order chi connectivity index (χ0) is 40.4. The van der Waals surface area contributed by atoms with Crippen LogP contribution in [0.3, 0.4) is 0 Å². The Morgan fingerprint density at radius 3 is 2.09 bits per heavy atom. The van der Waals surface area contributed by atoms with Crippen molar-refractivity contribution in [3.63, 3.8) is 0 Å². The smallest absolute Gasteiger partial charge is 0.387 e. The molecule has 1 fully saturated rings. The number of hydrogen-bond acceptors (Lipinski definition) is 11. The molecule has 13 nitrogen and oxygen atoms in total. The van der Waals surface area contributed by atoms with Gasteiger partial charge in [0.05, 0.1) is 32.1 Å². The van der Waals surface area contributed by atoms with Gasteiger partial charge in [-0.2, -0.15) is 5.10 Å². The number of nitrogens with zero attached hydrogens (tertiary/aromatic N) is 3. The number of aliphatic hydroxyl groups excluding tert-OH is 2. The van der Waals surface area contributed by atoms with Gasteiger partial charge in [-0.15, -0.1) is 0 Å². The minimum Gasteiger partial charge on any atom is -0.387 e. The zero-order valence-corrected chi connectivity index (χ0v) is 33.9. The lowest BCUT2D eigenvalue weighted by atomic mass is 9.93. The van der Waals surface area contributed by atoms with E-state index in [0.717, 1.165) is 31.4 Å². The van der Waals surface area contributed by atoms with E-state index in [2.05, 4.69) is 17.0 Å². The summed E-state index contributed by atoms with van der Waals surface area (Å²) >= 11 is 0. The van der Waals surface area contributed by atoms with Gasteiger partial charge in [-0.25, -0.2) is 22.8 Å². The van der Waals surface area contributed by atoms with E-state index in [0.29, 0.717) is 17.8 Å². The highest BCUT2D eigenvalue weighted by Gasteiger charge is 2.54. The van der Waals surface area contributed by atoms with E-state index in [1.165, 1.54) is 107 Å². The lowest BCUT2D eigenvalue weighted by molar-refractivity contribution is -0.0902. The molecule has 0 aliphatic carbocycles. The Morgan fingerprint density at radius 2 is 1.48 bits per heavy atom. The standard InChI is InChI=1S/C40H63F2N4O9P/c1-3-4-5-6-7-8-9-10-11-12-13-14-15-16-17-18-24-51-25-30(52-27-31-32(41)20-19-21-33(31)42)26-53-56(49,50)54-28-35-37(47)38(48)40(2,55-35)36-23-22-34-39(43)44-29-45-46(34)36/h19-23,29-30,35,37-38,47-48H,3-18,24-28H2,1-2H3,(H,49,50)(H2,43,44,45)/t30-,35?,37-,38-,40+/m1/s1. The van der Waals surface area contributed by atoms with Crippen LogP contribution < -0.4 is 5.73 Å². The second-order valence-electron chi connectivity index (χ2n) is 14.9. The molecule has 0 bridgehead atoms. The van der Waals surface area contributed by atoms with Gasteiger partial charge in [0.2, 0.25) is 0 Å². The molecule has 1 aliphatic rings. The van der Waals surface area contributed by atoms with E-state index in [9.17, 15) is 28.5 Å². The second-order valence-corrected chi connectivity index (χ2v) is 16.4. The first-order chi connectivity index (χ1) is 27.0. The summed E-state index contributed by atoms with van der Waals surface area (Å²) in [5.41, 5.74) is 4.97. The van der Waals surface area contributed by atoms with E-state index in [-0.39, 0.29) is 18.0 Å². The first-order valence-electron chi connectivity index (χ1n) is 20.3. The Bertz CT molecular complexity index is 1620. The number of rotatable bonds is 29. The molecule has 3 heterocycles. The van der Waals surface area contributed by atoms with Crippen molar-refractivity contribution in [3.05, 3.63) is 59.6 Å². The molecule has 56 heavy (non-hydrogen) atoms. The maximum Gasteiger partial charge on any atom is 0.472 e. The molecule has 0 radical (unpaired) electrons. The third kappa shape index (κ3) is 14.1.